The molecule has 1 heterocycles. The van der Waals surface area contributed by atoms with Crippen molar-refractivity contribution < 1.29 is 24.2 Å². The molecule has 0 aromatic heterocycles. The maximum Gasteiger partial charge on any atom is 0.296 e. The molecule has 124 valence electrons. The van der Waals surface area contributed by atoms with Gasteiger partial charge in [0.2, 0.25) is 0 Å². The maximum absolute atomic E-state index is 12.3. The molecule has 0 bridgehead atoms. The lowest BCUT2D eigenvalue weighted by Gasteiger charge is -2.13. The van der Waals surface area contributed by atoms with Crippen molar-refractivity contribution in [2.24, 2.45) is 5.92 Å². The number of nitrogens with zero attached hydrogens (tertiary/aromatic N) is 1. The van der Waals surface area contributed by atoms with Gasteiger partial charge in [-0.15, -0.1) is 0 Å². The Balaban J connectivity index is 2.17. The molecule has 1 aliphatic heterocycles. The Hall–Kier alpha value is -2.34. The Morgan fingerprint density at radius 3 is 2.35 bits per heavy atom. The molecule has 0 saturated carbocycles. The van der Waals surface area contributed by atoms with Crippen molar-refractivity contribution >= 4 is 17.4 Å². The molecule has 2 amide bonds. The molecule has 6 heteroatoms. The van der Waals surface area contributed by atoms with E-state index in [0.29, 0.717) is 23.8 Å². The highest BCUT2D eigenvalue weighted by Crippen LogP contribution is 2.29. The summed E-state index contributed by atoms with van der Waals surface area (Å²) in [4.78, 5) is 25.3. The standard InChI is InChI=1S/C17H21NO5/c1-11(2)10-23-13-6-4-12(5-7-13)14-15(19)17(21)18(16(14)20)8-9-22-3/h4-7,11,19H,8-10H2,1-3H3. The minimum absolute atomic E-state index is 0.0153. The van der Waals surface area contributed by atoms with E-state index in [0.717, 1.165) is 4.90 Å². The Labute approximate surface area is 135 Å². The van der Waals surface area contributed by atoms with E-state index in [1.807, 2.05) is 0 Å². The quantitative estimate of drug-likeness (QED) is 0.778. The second-order valence-electron chi connectivity index (χ2n) is 5.71. The number of carbonyl (C=O) groups excluding carboxylic acids is 2. The summed E-state index contributed by atoms with van der Waals surface area (Å²) in [6.45, 7) is 5.02. The Bertz CT molecular complexity index is 618. The molecule has 0 fully saturated rings. The van der Waals surface area contributed by atoms with Gasteiger partial charge in [-0.3, -0.25) is 14.5 Å². The first-order chi connectivity index (χ1) is 11.0. The highest BCUT2D eigenvalue weighted by atomic mass is 16.5. The van der Waals surface area contributed by atoms with Crippen LogP contribution in [0.1, 0.15) is 19.4 Å². The maximum atomic E-state index is 12.3. The van der Waals surface area contributed by atoms with Crippen molar-refractivity contribution in [3.63, 3.8) is 0 Å². The SMILES string of the molecule is COCCN1C(=O)C(O)=C(c2ccc(OCC(C)C)cc2)C1=O. The average Bonchev–Trinajstić information content (AvgIpc) is 2.74. The summed E-state index contributed by atoms with van der Waals surface area (Å²) in [7, 11) is 1.48. The number of ether oxygens (including phenoxy) is 2. The zero-order valence-corrected chi connectivity index (χ0v) is 13.5. The third-order valence-electron chi connectivity index (χ3n) is 3.39. The van der Waals surface area contributed by atoms with E-state index >= 15 is 0 Å². The Morgan fingerprint density at radius 1 is 1.13 bits per heavy atom. The second-order valence-corrected chi connectivity index (χ2v) is 5.71. The molecule has 23 heavy (non-hydrogen) atoms. The number of imide groups is 1. The molecule has 0 radical (unpaired) electrons. The molecule has 0 aliphatic carbocycles. The van der Waals surface area contributed by atoms with Crippen molar-refractivity contribution in [1.82, 2.24) is 4.90 Å². The highest BCUT2D eigenvalue weighted by Gasteiger charge is 2.38. The van der Waals surface area contributed by atoms with E-state index in [4.69, 9.17) is 9.47 Å². The summed E-state index contributed by atoms with van der Waals surface area (Å²) < 4.78 is 10.5. The lowest BCUT2D eigenvalue weighted by molar-refractivity contribution is -0.138. The van der Waals surface area contributed by atoms with Crippen LogP contribution in [0.5, 0.6) is 5.75 Å². The van der Waals surface area contributed by atoms with Crippen LogP contribution < -0.4 is 4.74 Å². The zero-order valence-electron chi connectivity index (χ0n) is 13.5. The molecule has 0 atom stereocenters. The molecule has 1 aromatic carbocycles. The predicted octanol–water partition coefficient (Wildman–Crippen LogP) is 2.01. The molecule has 1 aromatic rings. The van der Waals surface area contributed by atoms with Crippen LogP contribution in [0.4, 0.5) is 0 Å². The van der Waals surface area contributed by atoms with Gasteiger partial charge in [0.1, 0.15) is 5.75 Å². The van der Waals surface area contributed by atoms with Crippen LogP contribution in [-0.4, -0.2) is 48.7 Å². The van der Waals surface area contributed by atoms with E-state index in [-0.39, 0.29) is 18.7 Å². The van der Waals surface area contributed by atoms with Crippen LogP contribution in [-0.2, 0) is 14.3 Å². The van der Waals surface area contributed by atoms with Crippen LogP contribution in [0.25, 0.3) is 5.57 Å². The summed E-state index contributed by atoms with van der Waals surface area (Å²) in [5.74, 6) is -0.648. The van der Waals surface area contributed by atoms with Gasteiger partial charge in [-0.25, -0.2) is 0 Å². The highest BCUT2D eigenvalue weighted by molar-refractivity contribution is 6.34. The number of hydrogen-bond donors (Lipinski definition) is 1. The third-order valence-corrected chi connectivity index (χ3v) is 3.39. The van der Waals surface area contributed by atoms with E-state index in [2.05, 4.69) is 13.8 Å². The Kier molecular flexibility index (Phi) is 5.39. The fourth-order valence-corrected chi connectivity index (χ4v) is 2.19. The summed E-state index contributed by atoms with van der Waals surface area (Å²) >= 11 is 0. The van der Waals surface area contributed by atoms with Crippen molar-refractivity contribution in [3.05, 3.63) is 35.6 Å². The molecule has 0 spiro atoms. The van der Waals surface area contributed by atoms with Gasteiger partial charge in [-0.05, 0) is 23.6 Å². The molecular weight excluding hydrogens is 298 g/mol. The lowest BCUT2D eigenvalue weighted by atomic mass is 10.1. The summed E-state index contributed by atoms with van der Waals surface area (Å²) in [5.41, 5.74) is 0.499. The van der Waals surface area contributed by atoms with Gasteiger partial charge < -0.3 is 14.6 Å². The molecule has 1 aliphatic rings. The largest absolute Gasteiger partial charge is 0.502 e. The topological polar surface area (TPSA) is 76.1 Å². The van der Waals surface area contributed by atoms with Crippen molar-refractivity contribution in [2.45, 2.75) is 13.8 Å². The van der Waals surface area contributed by atoms with Gasteiger partial charge in [0.05, 0.1) is 25.3 Å². The van der Waals surface area contributed by atoms with E-state index in [1.165, 1.54) is 7.11 Å². The first-order valence-electron chi connectivity index (χ1n) is 7.47. The van der Waals surface area contributed by atoms with Crippen molar-refractivity contribution in [3.8, 4) is 5.75 Å². The minimum Gasteiger partial charge on any atom is -0.502 e. The summed E-state index contributed by atoms with van der Waals surface area (Å²) in [6.07, 6.45) is 0. The fourth-order valence-electron chi connectivity index (χ4n) is 2.19. The van der Waals surface area contributed by atoms with Gasteiger partial charge in [-0.1, -0.05) is 26.0 Å². The molecule has 2 rings (SSSR count). The van der Waals surface area contributed by atoms with E-state index < -0.39 is 17.6 Å². The number of carbonyl (C=O) groups is 2. The smallest absolute Gasteiger partial charge is 0.296 e. The molecule has 0 unspecified atom stereocenters. The fraction of sp³-hybridized carbons (Fsp3) is 0.412. The van der Waals surface area contributed by atoms with Crippen molar-refractivity contribution in [2.75, 3.05) is 26.9 Å². The zero-order chi connectivity index (χ0) is 17.0. The first-order valence-corrected chi connectivity index (χ1v) is 7.47. The lowest BCUT2D eigenvalue weighted by Crippen LogP contribution is -2.34. The molecule has 6 nitrogen and oxygen atoms in total. The van der Waals surface area contributed by atoms with E-state index in [9.17, 15) is 14.7 Å². The minimum atomic E-state index is -0.692. The van der Waals surface area contributed by atoms with Crippen molar-refractivity contribution in [1.29, 1.82) is 0 Å². The molecular formula is C17H21NO5. The molecule has 0 saturated heterocycles. The van der Waals surface area contributed by atoms with Gasteiger partial charge in [0, 0.05) is 7.11 Å². The van der Waals surface area contributed by atoms with Gasteiger partial charge in [-0.2, -0.15) is 0 Å². The number of methoxy groups -OCH3 is 1. The van der Waals surface area contributed by atoms with Gasteiger partial charge in [0.25, 0.3) is 11.8 Å². The third kappa shape index (κ3) is 3.71. The monoisotopic (exact) mass is 319 g/mol. The average molecular weight is 319 g/mol. The van der Waals surface area contributed by atoms with Crippen LogP contribution >= 0.6 is 0 Å². The second kappa shape index (κ2) is 7.28. The van der Waals surface area contributed by atoms with Gasteiger partial charge >= 0.3 is 0 Å². The predicted molar refractivity (Wildman–Crippen MR) is 84.9 cm³/mol. The van der Waals surface area contributed by atoms with Gasteiger partial charge in [0.15, 0.2) is 5.76 Å². The van der Waals surface area contributed by atoms with E-state index in [1.54, 1.807) is 24.3 Å². The normalized spacial score (nSPS) is 15.0. The number of aliphatic hydroxyl groups is 1. The van der Waals surface area contributed by atoms with Crippen LogP contribution in [0.2, 0.25) is 0 Å². The number of hydrogen-bond acceptors (Lipinski definition) is 5. The number of aliphatic hydroxyl groups excluding tert-OH is 1. The van der Waals surface area contributed by atoms with Crippen LogP contribution in [0.3, 0.4) is 0 Å². The Morgan fingerprint density at radius 2 is 1.78 bits per heavy atom. The van der Waals surface area contributed by atoms with Crippen LogP contribution in [0, 0.1) is 5.92 Å². The number of rotatable bonds is 7. The first kappa shape index (κ1) is 17.0. The van der Waals surface area contributed by atoms with Crippen LogP contribution in [0.15, 0.2) is 30.0 Å². The number of amides is 2. The summed E-state index contributed by atoms with van der Waals surface area (Å²) in [5, 5.41) is 9.99. The number of benzene rings is 1. The summed E-state index contributed by atoms with van der Waals surface area (Å²) in [6, 6.07) is 6.75. The molecule has 1 N–H and O–H groups in total.